The Morgan fingerprint density at radius 2 is 2.06 bits per heavy atom. The molecule has 4 heteroatoms. The fraction of sp³-hybridized carbons (Fsp3) is 0.929. The minimum absolute atomic E-state index is 0.148. The number of hydrogen-bond donors (Lipinski definition) is 1. The summed E-state index contributed by atoms with van der Waals surface area (Å²) < 4.78 is 5.49. The van der Waals surface area contributed by atoms with E-state index in [4.69, 9.17) is 4.74 Å². The van der Waals surface area contributed by atoms with E-state index in [1.807, 2.05) is 0 Å². The van der Waals surface area contributed by atoms with Crippen LogP contribution >= 0.6 is 15.9 Å². The molecule has 2 aliphatic rings. The normalized spacial score (nSPS) is 30.6. The molecule has 2 unspecified atom stereocenters. The van der Waals surface area contributed by atoms with Gasteiger partial charge in [0.15, 0.2) is 0 Å². The van der Waals surface area contributed by atoms with Crippen LogP contribution in [0.5, 0.6) is 0 Å². The summed E-state index contributed by atoms with van der Waals surface area (Å²) >= 11 is 3.73. The van der Waals surface area contributed by atoms with Crippen molar-refractivity contribution in [3.8, 4) is 0 Å². The predicted octanol–water partition coefficient (Wildman–Crippen LogP) is 3.02. The van der Waals surface area contributed by atoms with Gasteiger partial charge in [0.2, 0.25) is 5.91 Å². The molecule has 1 N–H and O–H groups in total. The zero-order valence-electron chi connectivity index (χ0n) is 11.2. The Kier molecular flexibility index (Phi) is 5.07. The maximum absolute atomic E-state index is 12.0. The zero-order chi connectivity index (χ0) is 13.0. The number of alkyl halides is 1. The van der Waals surface area contributed by atoms with Gasteiger partial charge in [0.05, 0.1) is 12.0 Å². The molecule has 0 aliphatic heterocycles. The molecule has 104 valence electrons. The van der Waals surface area contributed by atoms with Gasteiger partial charge >= 0.3 is 0 Å². The second kappa shape index (κ2) is 6.38. The van der Waals surface area contributed by atoms with Crippen molar-refractivity contribution < 1.29 is 9.53 Å². The molecule has 18 heavy (non-hydrogen) atoms. The molecule has 0 bridgehead atoms. The van der Waals surface area contributed by atoms with Crippen molar-refractivity contribution >= 4 is 21.8 Å². The highest BCUT2D eigenvalue weighted by atomic mass is 79.9. The molecule has 0 aromatic carbocycles. The van der Waals surface area contributed by atoms with Crippen molar-refractivity contribution in [1.82, 2.24) is 5.32 Å². The van der Waals surface area contributed by atoms with E-state index in [-0.39, 0.29) is 11.5 Å². The van der Waals surface area contributed by atoms with Gasteiger partial charge in [-0.15, -0.1) is 0 Å². The minimum Gasteiger partial charge on any atom is -0.378 e. The molecule has 1 amide bonds. The Morgan fingerprint density at radius 3 is 2.61 bits per heavy atom. The molecule has 0 aromatic rings. The maximum atomic E-state index is 12.0. The smallest absolute Gasteiger partial charge is 0.222 e. The summed E-state index contributed by atoms with van der Waals surface area (Å²) in [5.74, 6) is 0.754. The molecular weight excluding hydrogens is 294 g/mol. The quantitative estimate of drug-likeness (QED) is 0.791. The van der Waals surface area contributed by atoms with Crippen LogP contribution in [0.25, 0.3) is 0 Å². The molecule has 0 heterocycles. The Labute approximate surface area is 118 Å². The number of nitrogens with one attached hydrogen (secondary N) is 1. The molecule has 0 aromatic heterocycles. The van der Waals surface area contributed by atoms with Crippen LogP contribution in [0.15, 0.2) is 0 Å². The van der Waals surface area contributed by atoms with E-state index >= 15 is 0 Å². The van der Waals surface area contributed by atoms with Gasteiger partial charge < -0.3 is 10.1 Å². The summed E-state index contributed by atoms with van der Waals surface area (Å²) in [6.07, 6.45) is 8.85. The van der Waals surface area contributed by atoms with E-state index in [1.165, 1.54) is 32.1 Å². The molecule has 2 aliphatic carbocycles. The van der Waals surface area contributed by atoms with Crippen LogP contribution in [0.4, 0.5) is 0 Å². The van der Waals surface area contributed by atoms with Gasteiger partial charge in [0.25, 0.3) is 0 Å². The Balaban J connectivity index is 1.71. The van der Waals surface area contributed by atoms with Crippen LogP contribution in [0, 0.1) is 5.92 Å². The van der Waals surface area contributed by atoms with Crippen molar-refractivity contribution in [2.24, 2.45) is 5.92 Å². The van der Waals surface area contributed by atoms with Crippen molar-refractivity contribution in [2.75, 3.05) is 13.7 Å². The minimum atomic E-state index is -0.148. The summed E-state index contributed by atoms with van der Waals surface area (Å²) in [7, 11) is 1.72. The van der Waals surface area contributed by atoms with Gasteiger partial charge in [-0.1, -0.05) is 28.8 Å². The molecule has 3 nitrogen and oxygen atoms in total. The Morgan fingerprint density at radius 1 is 1.33 bits per heavy atom. The summed E-state index contributed by atoms with van der Waals surface area (Å²) in [6.45, 7) is 0.814. The molecule has 2 fully saturated rings. The van der Waals surface area contributed by atoms with Gasteiger partial charge in [-0.05, 0) is 38.0 Å². The van der Waals surface area contributed by atoms with E-state index in [0.29, 0.717) is 17.2 Å². The number of hydrogen-bond acceptors (Lipinski definition) is 2. The summed E-state index contributed by atoms with van der Waals surface area (Å²) in [5, 5.41) is 3.09. The largest absolute Gasteiger partial charge is 0.378 e. The third-order valence-corrected chi connectivity index (χ3v) is 5.76. The lowest BCUT2D eigenvalue weighted by atomic mass is 9.77. The molecule has 0 spiro atoms. The summed E-state index contributed by atoms with van der Waals surface area (Å²) in [6, 6.07) is 0. The van der Waals surface area contributed by atoms with Gasteiger partial charge in [0.1, 0.15) is 0 Å². The monoisotopic (exact) mass is 317 g/mol. The lowest BCUT2D eigenvalue weighted by Crippen LogP contribution is -2.45. The van der Waals surface area contributed by atoms with Crippen LogP contribution in [0.2, 0.25) is 0 Å². The molecule has 2 saturated carbocycles. The van der Waals surface area contributed by atoms with Crippen molar-refractivity contribution in [1.29, 1.82) is 0 Å². The summed E-state index contributed by atoms with van der Waals surface area (Å²) in [5.41, 5.74) is -0.148. The number of carbonyl (C=O) groups is 1. The van der Waals surface area contributed by atoms with E-state index in [1.54, 1.807) is 7.11 Å². The van der Waals surface area contributed by atoms with Gasteiger partial charge in [-0.25, -0.2) is 0 Å². The third kappa shape index (κ3) is 3.47. The topological polar surface area (TPSA) is 38.3 Å². The zero-order valence-corrected chi connectivity index (χ0v) is 12.8. The second-order valence-electron chi connectivity index (χ2n) is 5.78. The number of ether oxygens (including phenoxy) is 1. The lowest BCUT2D eigenvalue weighted by molar-refractivity contribution is -0.134. The first-order chi connectivity index (χ1) is 8.65. The van der Waals surface area contributed by atoms with Crippen LogP contribution in [-0.4, -0.2) is 30.0 Å². The van der Waals surface area contributed by atoms with Crippen LogP contribution < -0.4 is 5.32 Å². The molecule has 0 radical (unpaired) electrons. The highest BCUT2D eigenvalue weighted by Gasteiger charge is 2.39. The standard InChI is InChI=1S/C14H24BrNO2/c1-18-14(7-4-8-14)9-13(17)16-10-11-5-2-3-6-12(11)15/h11-12H,2-10H2,1H3,(H,16,17). The first-order valence-corrected chi connectivity index (χ1v) is 8.03. The first-order valence-electron chi connectivity index (χ1n) is 7.11. The highest BCUT2D eigenvalue weighted by Crippen LogP contribution is 2.38. The van der Waals surface area contributed by atoms with E-state index in [2.05, 4.69) is 21.2 Å². The van der Waals surface area contributed by atoms with E-state index < -0.39 is 0 Å². The van der Waals surface area contributed by atoms with Gasteiger partial charge in [0, 0.05) is 18.5 Å². The number of rotatable bonds is 5. The van der Waals surface area contributed by atoms with E-state index in [9.17, 15) is 4.79 Å². The van der Waals surface area contributed by atoms with Gasteiger partial charge in [-0.3, -0.25) is 4.79 Å². The van der Waals surface area contributed by atoms with Gasteiger partial charge in [-0.2, -0.15) is 0 Å². The molecule has 0 saturated heterocycles. The molecule has 2 atom stereocenters. The second-order valence-corrected chi connectivity index (χ2v) is 6.96. The fourth-order valence-electron chi connectivity index (χ4n) is 3.02. The average Bonchev–Trinajstić information content (AvgIpc) is 2.33. The maximum Gasteiger partial charge on any atom is 0.222 e. The third-order valence-electron chi connectivity index (χ3n) is 4.56. The molecular formula is C14H24BrNO2. The first kappa shape index (κ1) is 14.3. The van der Waals surface area contributed by atoms with E-state index in [0.717, 1.165) is 19.4 Å². The molecule has 2 rings (SSSR count). The van der Waals surface area contributed by atoms with Crippen LogP contribution in [0.1, 0.15) is 51.4 Å². The highest BCUT2D eigenvalue weighted by molar-refractivity contribution is 9.09. The lowest BCUT2D eigenvalue weighted by Gasteiger charge is -2.40. The average molecular weight is 318 g/mol. The van der Waals surface area contributed by atoms with Crippen LogP contribution in [0.3, 0.4) is 0 Å². The number of halogens is 1. The predicted molar refractivity (Wildman–Crippen MR) is 75.9 cm³/mol. The SMILES string of the molecule is COC1(CC(=O)NCC2CCCCC2Br)CCC1. The van der Waals surface area contributed by atoms with Crippen molar-refractivity contribution in [2.45, 2.75) is 61.8 Å². The Bertz CT molecular complexity index is 286. The Hall–Kier alpha value is -0.0900. The van der Waals surface area contributed by atoms with Crippen molar-refractivity contribution in [3.63, 3.8) is 0 Å². The number of carbonyl (C=O) groups excluding carboxylic acids is 1. The number of amides is 1. The van der Waals surface area contributed by atoms with Crippen molar-refractivity contribution in [3.05, 3.63) is 0 Å². The fourth-order valence-corrected chi connectivity index (χ4v) is 3.79. The summed E-state index contributed by atoms with van der Waals surface area (Å²) in [4.78, 5) is 12.5. The number of methoxy groups -OCH3 is 1. The van der Waals surface area contributed by atoms with Crippen LogP contribution in [-0.2, 0) is 9.53 Å².